The third kappa shape index (κ3) is 4.67. The summed E-state index contributed by atoms with van der Waals surface area (Å²) in [6.07, 6.45) is 2.74. The van der Waals surface area contributed by atoms with Crippen molar-refractivity contribution in [2.75, 3.05) is 6.54 Å². The minimum Gasteiger partial charge on any atom is -0.324 e. The Morgan fingerprint density at radius 3 is 2.29 bits per heavy atom. The number of quaternary nitrogens is 1. The predicted molar refractivity (Wildman–Crippen MR) is 83.6 cm³/mol. The van der Waals surface area contributed by atoms with Crippen molar-refractivity contribution >= 4 is 15.7 Å². The second-order valence-corrected chi connectivity index (χ2v) is 6.68. The zero-order valence-electron chi connectivity index (χ0n) is 12.0. The molecule has 0 saturated heterocycles. The van der Waals surface area contributed by atoms with Crippen LogP contribution in [0.5, 0.6) is 0 Å². The molecule has 4 N–H and O–H groups in total. The summed E-state index contributed by atoms with van der Waals surface area (Å²) in [6.45, 7) is 0.448. The van der Waals surface area contributed by atoms with E-state index in [1.54, 1.807) is 24.3 Å². The van der Waals surface area contributed by atoms with E-state index in [-0.39, 0.29) is 4.90 Å². The molecule has 21 heavy (non-hydrogen) atoms. The standard InChI is InChI=1S/C16H20N2O2S/c17-15-11-4-5-12-16(15)21(19,20)18-13-7-6-10-14-8-2-1-3-9-14/h1-5,8-9,11-12,18H,6-7,10,13,17H2/p+1. The molecule has 5 heteroatoms. The Bertz CT molecular complexity index is 670. The van der Waals surface area contributed by atoms with Gasteiger partial charge in [-0.2, -0.15) is 0 Å². The van der Waals surface area contributed by atoms with Crippen LogP contribution in [-0.2, 0) is 16.4 Å². The second-order valence-electron chi connectivity index (χ2n) is 4.95. The van der Waals surface area contributed by atoms with Gasteiger partial charge in [0.1, 0.15) is 10.6 Å². The largest absolute Gasteiger partial charge is 0.324 e. The van der Waals surface area contributed by atoms with E-state index < -0.39 is 10.0 Å². The summed E-state index contributed by atoms with van der Waals surface area (Å²) in [4.78, 5) is 0.257. The van der Waals surface area contributed by atoms with Crippen LogP contribution in [0.1, 0.15) is 18.4 Å². The highest BCUT2D eigenvalue weighted by Crippen LogP contribution is 2.15. The first-order chi connectivity index (χ1) is 10.1. The monoisotopic (exact) mass is 305 g/mol. The van der Waals surface area contributed by atoms with Crippen LogP contribution < -0.4 is 10.5 Å². The molecule has 0 bridgehead atoms. The van der Waals surface area contributed by atoms with E-state index in [2.05, 4.69) is 22.6 Å². The molecule has 0 aliphatic rings. The van der Waals surface area contributed by atoms with Crippen molar-refractivity contribution in [3.8, 4) is 0 Å². The second kappa shape index (κ2) is 7.36. The van der Waals surface area contributed by atoms with Gasteiger partial charge in [0.05, 0.1) is 0 Å². The Labute approximate surface area is 126 Å². The zero-order valence-corrected chi connectivity index (χ0v) is 12.8. The molecule has 0 fully saturated rings. The Balaban J connectivity index is 1.79. The van der Waals surface area contributed by atoms with Gasteiger partial charge in [0.15, 0.2) is 0 Å². The lowest BCUT2D eigenvalue weighted by Gasteiger charge is -2.07. The summed E-state index contributed by atoms with van der Waals surface area (Å²) >= 11 is 0. The molecule has 0 aliphatic heterocycles. The Hall–Kier alpha value is -1.69. The molecule has 0 amide bonds. The Morgan fingerprint density at radius 1 is 0.905 bits per heavy atom. The molecule has 0 aromatic heterocycles. The van der Waals surface area contributed by atoms with Gasteiger partial charge < -0.3 is 5.73 Å². The smallest absolute Gasteiger partial charge is 0.246 e. The van der Waals surface area contributed by atoms with Crippen molar-refractivity contribution in [2.45, 2.75) is 24.2 Å². The van der Waals surface area contributed by atoms with Gasteiger partial charge in [-0.25, -0.2) is 13.1 Å². The van der Waals surface area contributed by atoms with Crippen molar-refractivity contribution < 1.29 is 14.2 Å². The third-order valence-corrected chi connectivity index (χ3v) is 4.85. The predicted octanol–water partition coefficient (Wildman–Crippen LogP) is 1.86. The van der Waals surface area contributed by atoms with Gasteiger partial charge in [-0.3, -0.25) is 0 Å². The van der Waals surface area contributed by atoms with Gasteiger partial charge in [0.2, 0.25) is 10.0 Å². The molecule has 2 aromatic carbocycles. The minimum atomic E-state index is -3.45. The lowest BCUT2D eigenvalue weighted by molar-refractivity contribution is -0.258. The van der Waals surface area contributed by atoms with E-state index in [1.807, 2.05) is 18.2 Å². The quantitative estimate of drug-likeness (QED) is 0.766. The van der Waals surface area contributed by atoms with Crippen LogP contribution in [0.25, 0.3) is 0 Å². The molecule has 0 spiro atoms. The number of hydrogen-bond donors (Lipinski definition) is 2. The Morgan fingerprint density at radius 2 is 1.57 bits per heavy atom. The first kappa shape index (κ1) is 15.7. The first-order valence-electron chi connectivity index (χ1n) is 7.04. The highest BCUT2D eigenvalue weighted by Gasteiger charge is 2.17. The molecule has 0 saturated carbocycles. The van der Waals surface area contributed by atoms with E-state index in [4.69, 9.17) is 0 Å². The molecule has 0 radical (unpaired) electrons. The molecule has 0 aliphatic carbocycles. The van der Waals surface area contributed by atoms with Crippen LogP contribution in [-0.4, -0.2) is 15.0 Å². The average Bonchev–Trinajstić information content (AvgIpc) is 2.48. The van der Waals surface area contributed by atoms with Crippen LogP contribution in [0.15, 0.2) is 59.5 Å². The summed E-state index contributed by atoms with van der Waals surface area (Å²) in [7, 11) is -3.45. The first-order valence-corrected chi connectivity index (χ1v) is 8.52. The van der Waals surface area contributed by atoms with Crippen LogP contribution in [0, 0.1) is 0 Å². The van der Waals surface area contributed by atoms with Crippen molar-refractivity contribution in [1.29, 1.82) is 0 Å². The van der Waals surface area contributed by atoms with E-state index in [9.17, 15) is 8.42 Å². The van der Waals surface area contributed by atoms with E-state index >= 15 is 0 Å². The SMILES string of the molecule is [NH3+]c1ccccc1S(=O)(=O)NCCCCc1ccccc1. The zero-order chi connectivity index (χ0) is 15.1. The number of rotatable bonds is 7. The number of aryl methyl sites for hydroxylation is 1. The summed E-state index contributed by atoms with van der Waals surface area (Å²) < 4.78 is 26.9. The molecular weight excluding hydrogens is 284 g/mol. The van der Waals surface area contributed by atoms with Gasteiger partial charge in [0, 0.05) is 12.6 Å². The van der Waals surface area contributed by atoms with Gasteiger partial charge in [-0.05, 0) is 30.9 Å². The fourth-order valence-electron chi connectivity index (χ4n) is 2.15. The molecule has 0 heterocycles. The normalized spacial score (nSPS) is 11.5. The minimum absolute atomic E-state index is 0.257. The fourth-order valence-corrected chi connectivity index (χ4v) is 3.39. The third-order valence-electron chi connectivity index (χ3n) is 3.29. The number of unbranched alkanes of at least 4 members (excludes halogenated alkanes) is 1. The maximum atomic E-state index is 12.1. The molecular formula is C16H21N2O2S+. The van der Waals surface area contributed by atoms with Crippen molar-refractivity contribution in [1.82, 2.24) is 4.72 Å². The summed E-state index contributed by atoms with van der Waals surface area (Å²) in [5.74, 6) is 0. The van der Waals surface area contributed by atoms with Crippen LogP contribution >= 0.6 is 0 Å². The summed E-state index contributed by atoms with van der Waals surface area (Å²) in [5.41, 5.74) is 5.56. The maximum absolute atomic E-state index is 12.1. The maximum Gasteiger partial charge on any atom is 0.246 e. The van der Waals surface area contributed by atoms with Crippen LogP contribution in [0.4, 0.5) is 5.69 Å². The molecule has 0 atom stereocenters. The molecule has 2 rings (SSSR count). The van der Waals surface area contributed by atoms with Crippen molar-refractivity contribution in [2.24, 2.45) is 0 Å². The number of hydrogen-bond acceptors (Lipinski definition) is 2. The molecule has 2 aromatic rings. The number of nitrogens with one attached hydrogen (secondary N) is 1. The highest BCUT2D eigenvalue weighted by molar-refractivity contribution is 7.89. The topological polar surface area (TPSA) is 73.8 Å². The van der Waals surface area contributed by atoms with Gasteiger partial charge in [-0.1, -0.05) is 42.5 Å². The lowest BCUT2D eigenvalue weighted by Crippen LogP contribution is -2.42. The fraction of sp³-hybridized carbons (Fsp3) is 0.250. The lowest BCUT2D eigenvalue weighted by atomic mass is 10.1. The number of benzene rings is 2. The Kier molecular flexibility index (Phi) is 5.50. The van der Waals surface area contributed by atoms with Crippen LogP contribution in [0.3, 0.4) is 0 Å². The van der Waals surface area contributed by atoms with E-state index in [1.165, 1.54) is 5.56 Å². The van der Waals surface area contributed by atoms with E-state index in [0.717, 1.165) is 19.3 Å². The summed E-state index contributed by atoms with van der Waals surface area (Å²) in [5, 5.41) is 0. The van der Waals surface area contributed by atoms with Gasteiger partial charge >= 0.3 is 0 Å². The van der Waals surface area contributed by atoms with Gasteiger partial charge in [0.25, 0.3) is 0 Å². The summed E-state index contributed by atoms with van der Waals surface area (Å²) in [6, 6.07) is 17.0. The molecule has 0 unspecified atom stereocenters. The average molecular weight is 305 g/mol. The molecule has 112 valence electrons. The number of sulfonamides is 1. The van der Waals surface area contributed by atoms with Crippen molar-refractivity contribution in [3.05, 3.63) is 60.2 Å². The van der Waals surface area contributed by atoms with E-state index in [0.29, 0.717) is 12.2 Å². The van der Waals surface area contributed by atoms with Gasteiger partial charge in [-0.15, -0.1) is 0 Å². The van der Waals surface area contributed by atoms with Crippen LogP contribution in [0.2, 0.25) is 0 Å². The van der Waals surface area contributed by atoms with Crippen molar-refractivity contribution in [3.63, 3.8) is 0 Å². The highest BCUT2D eigenvalue weighted by atomic mass is 32.2. The molecule has 4 nitrogen and oxygen atoms in total.